The second kappa shape index (κ2) is 10.9. The summed E-state index contributed by atoms with van der Waals surface area (Å²) in [5.74, 6) is 1.82. The van der Waals surface area contributed by atoms with Crippen molar-refractivity contribution in [2.75, 3.05) is 11.5 Å². The van der Waals surface area contributed by atoms with E-state index in [2.05, 4.69) is 24.3 Å². The molecule has 154 valence electrons. The lowest BCUT2D eigenvalue weighted by Gasteiger charge is -2.27. The Labute approximate surface area is 170 Å². The van der Waals surface area contributed by atoms with E-state index in [1.165, 1.54) is 5.56 Å². The lowest BCUT2D eigenvalue weighted by molar-refractivity contribution is -0.137. The maximum absolute atomic E-state index is 12.5. The molecule has 28 heavy (non-hydrogen) atoms. The van der Waals surface area contributed by atoms with Gasteiger partial charge in [0, 0.05) is 28.7 Å². The molecular weight excluding hydrogens is 372 g/mol. The van der Waals surface area contributed by atoms with Crippen LogP contribution in [0.5, 0.6) is 0 Å². The SMILES string of the molecule is O=C(O)CCC/C=C\C[C@@H]1[C@@H](CCS(=O)CCc2ccccc2)[C@@H]2CC[C@H]1O2. The van der Waals surface area contributed by atoms with E-state index < -0.39 is 16.8 Å². The minimum absolute atomic E-state index is 0.235. The standard InChI is InChI=1S/C23H32O4S/c24-23(25)11-7-2-1-6-10-19-20(22-13-12-21(19)27-22)15-17-28(26)16-14-18-8-4-3-5-9-18/h1,3-6,8-9,19-22H,2,7,10-17H2,(H,24,25)/b6-1-/t19-,20-,21-,22+,28?/m1/s1. The summed E-state index contributed by atoms with van der Waals surface area (Å²) in [5, 5.41) is 8.69. The molecule has 2 aliphatic heterocycles. The molecule has 0 radical (unpaired) electrons. The van der Waals surface area contributed by atoms with Gasteiger partial charge in [-0.3, -0.25) is 9.00 Å². The zero-order chi connectivity index (χ0) is 19.8. The van der Waals surface area contributed by atoms with Gasteiger partial charge < -0.3 is 9.84 Å². The molecule has 4 nitrogen and oxygen atoms in total. The molecule has 2 heterocycles. The van der Waals surface area contributed by atoms with Crippen LogP contribution in [0.2, 0.25) is 0 Å². The van der Waals surface area contributed by atoms with Crippen LogP contribution in [0.15, 0.2) is 42.5 Å². The third kappa shape index (κ3) is 6.28. The van der Waals surface area contributed by atoms with Gasteiger partial charge in [-0.1, -0.05) is 42.5 Å². The lowest BCUT2D eigenvalue weighted by atomic mass is 9.76. The van der Waals surface area contributed by atoms with Gasteiger partial charge in [0.25, 0.3) is 0 Å². The fourth-order valence-electron chi connectivity index (χ4n) is 4.59. The molecule has 1 aromatic rings. The number of unbranched alkanes of at least 4 members (excludes halogenated alkanes) is 1. The molecule has 2 fully saturated rings. The Morgan fingerprint density at radius 2 is 1.86 bits per heavy atom. The number of aryl methyl sites for hydroxylation is 1. The van der Waals surface area contributed by atoms with Crippen LogP contribution in [0.4, 0.5) is 0 Å². The molecule has 2 bridgehead atoms. The number of aliphatic carboxylic acids is 1. The Morgan fingerprint density at radius 1 is 1.11 bits per heavy atom. The molecule has 0 spiro atoms. The van der Waals surface area contributed by atoms with Crippen LogP contribution in [-0.4, -0.2) is 39.0 Å². The Hall–Kier alpha value is -1.46. The van der Waals surface area contributed by atoms with Crippen molar-refractivity contribution in [3.05, 3.63) is 48.0 Å². The minimum Gasteiger partial charge on any atom is -0.481 e. The van der Waals surface area contributed by atoms with Gasteiger partial charge in [-0.2, -0.15) is 0 Å². The highest BCUT2D eigenvalue weighted by Gasteiger charge is 2.47. The number of carboxylic acids is 1. The molecule has 0 saturated carbocycles. The molecule has 0 amide bonds. The van der Waals surface area contributed by atoms with E-state index in [9.17, 15) is 9.00 Å². The number of carboxylic acid groups (broad SMARTS) is 1. The molecule has 3 rings (SSSR count). The van der Waals surface area contributed by atoms with Crippen molar-refractivity contribution in [1.29, 1.82) is 0 Å². The van der Waals surface area contributed by atoms with Gasteiger partial charge in [-0.25, -0.2) is 0 Å². The molecule has 5 heteroatoms. The predicted octanol–water partition coefficient (Wildman–Crippen LogP) is 4.36. The maximum atomic E-state index is 12.5. The zero-order valence-electron chi connectivity index (χ0n) is 16.5. The average molecular weight is 405 g/mol. The molecule has 0 aliphatic carbocycles. The second-order valence-electron chi connectivity index (χ2n) is 7.98. The fraction of sp³-hybridized carbons (Fsp3) is 0.609. The van der Waals surface area contributed by atoms with Crippen molar-refractivity contribution >= 4 is 16.8 Å². The third-order valence-corrected chi connectivity index (χ3v) is 7.42. The second-order valence-corrected chi connectivity index (χ2v) is 9.68. The number of benzene rings is 1. The number of hydrogen-bond donors (Lipinski definition) is 1. The van der Waals surface area contributed by atoms with E-state index >= 15 is 0 Å². The first-order valence-corrected chi connectivity index (χ1v) is 12.0. The van der Waals surface area contributed by atoms with Crippen LogP contribution < -0.4 is 0 Å². The fourth-order valence-corrected chi connectivity index (χ4v) is 5.79. The summed E-state index contributed by atoms with van der Waals surface area (Å²) in [5.41, 5.74) is 1.25. The molecule has 5 atom stereocenters. The Kier molecular flexibility index (Phi) is 8.28. The molecule has 1 unspecified atom stereocenters. The Balaban J connectivity index is 1.40. The third-order valence-electron chi connectivity index (χ3n) is 6.07. The van der Waals surface area contributed by atoms with Crippen LogP contribution >= 0.6 is 0 Å². The van der Waals surface area contributed by atoms with Crippen molar-refractivity contribution in [1.82, 2.24) is 0 Å². The van der Waals surface area contributed by atoms with Crippen LogP contribution in [-0.2, 0) is 26.8 Å². The molecule has 2 saturated heterocycles. The minimum atomic E-state index is -0.777. The van der Waals surface area contributed by atoms with Crippen molar-refractivity contribution in [2.24, 2.45) is 11.8 Å². The first-order valence-electron chi connectivity index (χ1n) is 10.5. The molecule has 1 N–H and O–H groups in total. The number of ether oxygens (including phenoxy) is 1. The van der Waals surface area contributed by atoms with E-state index in [4.69, 9.17) is 9.84 Å². The summed E-state index contributed by atoms with van der Waals surface area (Å²) in [6.45, 7) is 0. The smallest absolute Gasteiger partial charge is 0.303 e. The summed E-state index contributed by atoms with van der Waals surface area (Å²) in [7, 11) is -0.777. The highest BCUT2D eigenvalue weighted by Crippen LogP contribution is 2.46. The van der Waals surface area contributed by atoms with Crippen LogP contribution in [0.3, 0.4) is 0 Å². The zero-order valence-corrected chi connectivity index (χ0v) is 17.3. The number of rotatable bonds is 12. The summed E-state index contributed by atoms with van der Waals surface area (Å²) in [6.07, 6.45) is 11.9. The highest BCUT2D eigenvalue weighted by atomic mass is 32.2. The number of carbonyl (C=O) groups is 1. The van der Waals surface area contributed by atoms with E-state index in [0.717, 1.165) is 50.0 Å². The first kappa shape index (κ1) is 21.3. The van der Waals surface area contributed by atoms with Gasteiger partial charge >= 0.3 is 5.97 Å². The summed E-state index contributed by atoms with van der Waals surface area (Å²) >= 11 is 0. The van der Waals surface area contributed by atoms with Crippen LogP contribution in [0.25, 0.3) is 0 Å². The van der Waals surface area contributed by atoms with Gasteiger partial charge in [0.2, 0.25) is 0 Å². The number of hydrogen-bond acceptors (Lipinski definition) is 3. The highest BCUT2D eigenvalue weighted by molar-refractivity contribution is 7.84. The predicted molar refractivity (Wildman–Crippen MR) is 113 cm³/mol. The first-order chi connectivity index (χ1) is 13.6. The van der Waals surface area contributed by atoms with Crippen molar-refractivity contribution in [3.63, 3.8) is 0 Å². The largest absolute Gasteiger partial charge is 0.481 e. The Bertz CT molecular complexity index is 672. The number of fused-ring (bicyclic) bond motifs is 2. The van der Waals surface area contributed by atoms with Gasteiger partial charge in [-0.15, -0.1) is 0 Å². The summed E-state index contributed by atoms with van der Waals surface area (Å²) in [6, 6.07) is 10.3. The van der Waals surface area contributed by atoms with E-state index in [1.54, 1.807) is 0 Å². The van der Waals surface area contributed by atoms with Gasteiger partial charge in [0.05, 0.1) is 12.2 Å². The van der Waals surface area contributed by atoms with E-state index in [1.807, 2.05) is 18.2 Å². The lowest BCUT2D eigenvalue weighted by Crippen LogP contribution is -2.28. The van der Waals surface area contributed by atoms with Crippen LogP contribution in [0, 0.1) is 11.8 Å². The van der Waals surface area contributed by atoms with Gasteiger partial charge in [0.1, 0.15) is 0 Å². The molecular formula is C23H32O4S. The molecule has 1 aromatic carbocycles. The van der Waals surface area contributed by atoms with Gasteiger partial charge in [-0.05, 0) is 62.3 Å². The topological polar surface area (TPSA) is 63.6 Å². The van der Waals surface area contributed by atoms with E-state index in [-0.39, 0.29) is 6.42 Å². The Morgan fingerprint density at radius 3 is 2.61 bits per heavy atom. The number of allylic oxidation sites excluding steroid dienone is 2. The maximum Gasteiger partial charge on any atom is 0.303 e. The van der Waals surface area contributed by atoms with E-state index in [0.29, 0.717) is 30.5 Å². The van der Waals surface area contributed by atoms with Crippen molar-refractivity contribution in [3.8, 4) is 0 Å². The summed E-state index contributed by atoms with van der Waals surface area (Å²) in [4.78, 5) is 10.6. The molecule has 0 aromatic heterocycles. The van der Waals surface area contributed by atoms with Crippen molar-refractivity contribution < 1.29 is 18.8 Å². The average Bonchev–Trinajstić information content (AvgIpc) is 3.30. The quantitative estimate of drug-likeness (QED) is 0.415. The normalized spacial score (nSPS) is 27.4. The van der Waals surface area contributed by atoms with Gasteiger partial charge in [0.15, 0.2) is 0 Å². The summed E-state index contributed by atoms with van der Waals surface area (Å²) < 4.78 is 18.6. The van der Waals surface area contributed by atoms with Crippen LogP contribution in [0.1, 0.15) is 50.5 Å². The van der Waals surface area contributed by atoms with Crippen molar-refractivity contribution in [2.45, 2.75) is 63.6 Å². The monoisotopic (exact) mass is 404 g/mol. The molecule has 2 aliphatic rings.